The van der Waals surface area contributed by atoms with Gasteiger partial charge < -0.3 is 34.2 Å². The van der Waals surface area contributed by atoms with Gasteiger partial charge in [-0.1, -0.05) is 20.8 Å². The number of carbonyl (C=O) groups excluding carboxylic acids is 5. The standard InChI is InChI=1S/C24H41NO10/c1-6-9-21(29)32-15-18(25-20(28)13-12-16(4)27)24(35-23(31)11-8-3)34-19(14-26)17(5)33-22(30)10-7-2/h17-19,24,26H,6-15H2,1-5H3,(H,25,28)/t17-,18+,19?,24-/m0/s1. The Bertz CT molecular complexity index is 681. The molecule has 0 aromatic heterocycles. The van der Waals surface area contributed by atoms with Gasteiger partial charge in [0.15, 0.2) is 0 Å². The summed E-state index contributed by atoms with van der Waals surface area (Å²) in [5, 5.41) is 12.4. The number of Topliss-reactive ketones (excluding diaryl/α,β-unsaturated/α-hetero) is 1. The van der Waals surface area contributed by atoms with Crippen LogP contribution in [0.15, 0.2) is 0 Å². The number of aliphatic hydroxyl groups is 1. The van der Waals surface area contributed by atoms with E-state index in [-0.39, 0.29) is 44.5 Å². The molecule has 11 heteroatoms. The molecule has 0 aliphatic heterocycles. The molecule has 4 atom stereocenters. The molecule has 0 aromatic rings. The maximum absolute atomic E-state index is 12.4. The van der Waals surface area contributed by atoms with Crippen LogP contribution < -0.4 is 5.32 Å². The number of rotatable bonds is 19. The number of esters is 3. The molecule has 11 nitrogen and oxygen atoms in total. The molecule has 35 heavy (non-hydrogen) atoms. The van der Waals surface area contributed by atoms with E-state index in [1.165, 1.54) is 13.8 Å². The molecule has 0 heterocycles. The molecule has 0 aliphatic rings. The molecule has 0 saturated carbocycles. The van der Waals surface area contributed by atoms with Gasteiger partial charge in [0, 0.05) is 32.1 Å². The topological polar surface area (TPSA) is 155 Å². The summed E-state index contributed by atoms with van der Waals surface area (Å²) in [6, 6.07) is -1.14. The Kier molecular flexibility index (Phi) is 17.4. The molecule has 1 unspecified atom stereocenters. The van der Waals surface area contributed by atoms with Crippen molar-refractivity contribution in [1.82, 2.24) is 5.32 Å². The van der Waals surface area contributed by atoms with Crippen molar-refractivity contribution >= 4 is 29.6 Å². The van der Waals surface area contributed by atoms with E-state index in [0.717, 1.165) is 0 Å². The summed E-state index contributed by atoms with van der Waals surface area (Å²) in [6.07, 6.45) is -1.59. The maximum atomic E-state index is 12.4. The smallest absolute Gasteiger partial charge is 0.308 e. The Morgan fingerprint density at radius 3 is 1.86 bits per heavy atom. The first-order valence-corrected chi connectivity index (χ1v) is 12.2. The quantitative estimate of drug-likeness (QED) is 0.152. The second-order valence-electron chi connectivity index (χ2n) is 8.22. The van der Waals surface area contributed by atoms with E-state index < -0.39 is 55.0 Å². The molecule has 0 radical (unpaired) electrons. The summed E-state index contributed by atoms with van der Waals surface area (Å²) in [7, 11) is 0. The second kappa shape index (κ2) is 18.8. The van der Waals surface area contributed by atoms with Crippen LogP contribution in [-0.4, -0.2) is 72.5 Å². The number of nitrogens with one attached hydrogen (secondary N) is 1. The van der Waals surface area contributed by atoms with Gasteiger partial charge in [-0.3, -0.25) is 19.2 Å². The maximum Gasteiger partial charge on any atom is 0.308 e. The highest BCUT2D eigenvalue weighted by Gasteiger charge is 2.34. The normalized spacial score (nSPS) is 14.2. The molecule has 0 bridgehead atoms. The molecular formula is C24H41NO10. The Hall–Kier alpha value is -2.53. The number of carbonyl (C=O) groups is 5. The Labute approximate surface area is 207 Å². The molecule has 202 valence electrons. The SMILES string of the molecule is CCCC(=O)OC[C@@H](NC(=O)CCC(C)=O)[C@H](OC(=O)CCC)OC(CO)[C@H](C)OC(=O)CCC. The van der Waals surface area contributed by atoms with Gasteiger partial charge in [-0.05, 0) is 33.1 Å². The number of hydrogen-bond donors (Lipinski definition) is 2. The van der Waals surface area contributed by atoms with Crippen LogP contribution in [0.5, 0.6) is 0 Å². The lowest BCUT2D eigenvalue weighted by atomic mass is 10.2. The number of aliphatic hydroxyl groups excluding tert-OH is 1. The fraction of sp³-hybridized carbons (Fsp3) is 0.792. The van der Waals surface area contributed by atoms with Gasteiger partial charge in [-0.25, -0.2) is 0 Å². The van der Waals surface area contributed by atoms with E-state index >= 15 is 0 Å². The van der Waals surface area contributed by atoms with E-state index in [2.05, 4.69) is 5.32 Å². The third-order valence-corrected chi connectivity index (χ3v) is 4.74. The first-order valence-electron chi connectivity index (χ1n) is 12.2. The first-order chi connectivity index (χ1) is 16.6. The average Bonchev–Trinajstić information content (AvgIpc) is 2.78. The van der Waals surface area contributed by atoms with Gasteiger partial charge in [-0.15, -0.1) is 0 Å². The summed E-state index contributed by atoms with van der Waals surface area (Å²) < 4.78 is 21.7. The van der Waals surface area contributed by atoms with Crippen molar-refractivity contribution < 1.29 is 48.0 Å². The number of amides is 1. The third-order valence-electron chi connectivity index (χ3n) is 4.74. The monoisotopic (exact) mass is 503 g/mol. The van der Waals surface area contributed by atoms with Crippen molar-refractivity contribution in [2.45, 2.75) is 111 Å². The van der Waals surface area contributed by atoms with E-state index in [4.69, 9.17) is 18.9 Å². The predicted octanol–water partition coefficient (Wildman–Crippen LogP) is 1.96. The minimum Gasteiger partial charge on any atom is -0.463 e. The van der Waals surface area contributed by atoms with E-state index in [1.807, 2.05) is 6.92 Å². The largest absolute Gasteiger partial charge is 0.463 e. The molecule has 0 fully saturated rings. The summed E-state index contributed by atoms with van der Waals surface area (Å²) in [5.41, 5.74) is 0. The summed E-state index contributed by atoms with van der Waals surface area (Å²) in [6.45, 7) is 7.29. The minimum atomic E-state index is -1.46. The molecule has 0 spiro atoms. The van der Waals surface area contributed by atoms with Gasteiger partial charge in [0.2, 0.25) is 12.2 Å². The Morgan fingerprint density at radius 2 is 1.34 bits per heavy atom. The molecule has 0 aliphatic carbocycles. The van der Waals surface area contributed by atoms with Crippen molar-refractivity contribution in [3.8, 4) is 0 Å². The fourth-order valence-electron chi connectivity index (χ4n) is 2.83. The lowest BCUT2D eigenvalue weighted by molar-refractivity contribution is -0.221. The fourth-order valence-corrected chi connectivity index (χ4v) is 2.83. The zero-order chi connectivity index (χ0) is 26.8. The van der Waals surface area contributed by atoms with Crippen molar-refractivity contribution in [3.63, 3.8) is 0 Å². The van der Waals surface area contributed by atoms with Crippen molar-refractivity contribution in [1.29, 1.82) is 0 Å². The summed E-state index contributed by atoms with van der Waals surface area (Å²) in [5.74, 6) is -2.36. The number of ketones is 1. The molecule has 0 saturated heterocycles. The van der Waals surface area contributed by atoms with Gasteiger partial charge in [0.05, 0.1) is 6.61 Å². The molecular weight excluding hydrogens is 462 g/mol. The van der Waals surface area contributed by atoms with Crippen LogP contribution in [0.1, 0.15) is 86.0 Å². The van der Waals surface area contributed by atoms with Crippen LogP contribution in [0.25, 0.3) is 0 Å². The van der Waals surface area contributed by atoms with E-state index in [0.29, 0.717) is 19.3 Å². The van der Waals surface area contributed by atoms with Crippen molar-refractivity contribution in [2.24, 2.45) is 0 Å². The van der Waals surface area contributed by atoms with Gasteiger partial charge in [0.25, 0.3) is 0 Å². The van der Waals surface area contributed by atoms with Crippen LogP contribution in [0.4, 0.5) is 0 Å². The number of hydrogen-bond acceptors (Lipinski definition) is 10. The Morgan fingerprint density at radius 1 is 0.800 bits per heavy atom. The lowest BCUT2D eigenvalue weighted by Gasteiger charge is -2.32. The highest BCUT2D eigenvalue weighted by atomic mass is 16.7. The van der Waals surface area contributed by atoms with Crippen molar-refractivity contribution in [2.75, 3.05) is 13.2 Å². The number of ether oxygens (including phenoxy) is 4. The summed E-state index contributed by atoms with van der Waals surface area (Å²) in [4.78, 5) is 59.8. The van der Waals surface area contributed by atoms with Crippen LogP contribution in [0.3, 0.4) is 0 Å². The Balaban J connectivity index is 5.76. The molecule has 2 N–H and O–H groups in total. The minimum absolute atomic E-state index is 0.000991. The molecule has 0 aromatic carbocycles. The lowest BCUT2D eigenvalue weighted by Crippen LogP contribution is -2.52. The van der Waals surface area contributed by atoms with Crippen LogP contribution >= 0.6 is 0 Å². The van der Waals surface area contributed by atoms with E-state index in [1.54, 1.807) is 13.8 Å². The highest BCUT2D eigenvalue weighted by molar-refractivity contribution is 5.83. The van der Waals surface area contributed by atoms with Gasteiger partial charge in [-0.2, -0.15) is 0 Å². The van der Waals surface area contributed by atoms with Crippen LogP contribution in [0.2, 0.25) is 0 Å². The second-order valence-corrected chi connectivity index (χ2v) is 8.22. The molecule has 0 rings (SSSR count). The third kappa shape index (κ3) is 15.2. The first kappa shape index (κ1) is 32.5. The van der Waals surface area contributed by atoms with Crippen LogP contribution in [0, 0.1) is 0 Å². The van der Waals surface area contributed by atoms with Gasteiger partial charge >= 0.3 is 17.9 Å². The molecule has 1 amide bonds. The average molecular weight is 504 g/mol. The van der Waals surface area contributed by atoms with Crippen LogP contribution in [-0.2, 0) is 42.9 Å². The zero-order valence-electron chi connectivity index (χ0n) is 21.5. The van der Waals surface area contributed by atoms with E-state index in [9.17, 15) is 29.1 Å². The van der Waals surface area contributed by atoms with Gasteiger partial charge in [0.1, 0.15) is 30.6 Å². The zero-order valence-corrected chi connectivity index (χ0v) is 21.5. The predicted molar refractivity (Wildman–Crippen MR) is 125 cm³/mol. The highest BCUT2D eigenvalue weighted by Crippen LogP contribution is 2.15. The van der Waals surface area contributed by atoms with Crippen molar-refractivity contribution in [3.05, 3.63) is 0 Å². The summed E-state index contributed by atoms with van der Waals surface area (Å²) >= 11 is 0.